The molecule has 0 bridgehead atoms. The molecule has 3 aliphatic carbocycles. The summed E-state index contributed by atoms with van der Waals surface area (Å²) >= 11 is 0. The van der Waals surface area contributed by atoms with E-state index in [0.29, 0.717) is 54.8 Å². The van der Waals surface area contributed by atoms with Gasteiger partial charge in [-0.05, 0) is 94.0 Å². The van der Waals surface area contributed by atoms with Gasteiger partial charge in [-0.15, -0.1) is 0 Å². The van der Waals surface area contributed by atoms with Gasteiger partial charge in [0.15, 0.2) is 5.78 Å². The Kier molecular flexibility index (Phi) is 9.13. The minimum absolute atomic E-state index is 0.0434. The van der Waals surface area contributed by atoms with E-state index in [1.54, 1.807) is 18.3 Å². The molecule has 8 atom stereocenters. The van der Waals surface area contributed by atoms with E-state index in [4.69, 9.17) is 14.2 Å². The molecule has 39 heavy (non-hydrogen) atoms. The summed E-state index contributed by atoms with van der Waals surface area (Å²) in [6.45, 7) is 16.5. The minimum atomic E-state index is -0.0434. The van der Waals surface area contributed by atoms with E-state index in [1.165, 1.54) is 44.1 Å². The van der Waals surface area contributed by atoms with Crippen molar-refractivity contribution in [2.75, 3.05) is 40.0 Å². The lowest BCUT2D eigenvalue weighted by Crippen LogP contribution is -2.52. The molecule has 2 saturated heterocycles. The molecule has 5 rings (SSSR count). The van der Waals surface area contributed by atoms with Gasteiger partial charge in [0.05, 0.1) is 31.5 Å². The molecule has 5 aliphatic rings. The van der Waals surface area contributed by atoms with Crippen LogP contribution in [-0.2, 0) is 19.0 Å². The zero-order valence-electron chi connectivity index (χ0n) is 25.7. The molecule has 5 nitrogen and oxygen atoms in total. The van der Waals surface area contributed by atoms with E-state index in [-0.39, 0.29) is 11.0 Å². The predicted octanol–water partition coefficient (Wildman–Crippen LogP) is 6.76. The van der Waals surface area contributed by atoms with E-state index in [9.17, 15) is 4.79 Å². The Hall–Kier alpha value is -1.01. The second-order valence-corrected chi connectivity index (χ2v) is 14.2. The molecular weight excluding hydrogens is 486 g/mol. The van der Waals surface area contributed by atoms with Crippen molar-refractivity contribution < 1.29 is 19.0 Å². The first-order chi connectivity index (χ1) is 18.7. The zero-order valence-corrected chi connectivity index (χ0v) is 25.7. The van der Waals surface area contributed by atoms with Gasteiger partial charge in [0.2, 0.25) is 0 Å². The van der Waals surface area contributed by atoms with Gasteiger partial charge in [0.25, 0.3) is 0 Å². The van der Waals surface area contributed by atoms with Crippen LogP contribution in [-0.4, -0.2) is 68.4 Å². The maximum atomic E-state index is 12.3. The van der Waals surface area contributed by atoms with Gasteiger partial charge in [-0.25, -0.2) is 0 Å². The van der Waals surface area contributed by atoms with Gasteiger partial charge >= 0.3 is 0 Å². The minimum Gasteiger partial charge on any atom is -0.382 e. The van der Waals surface area contributed by atoms with Gasteiger partial charge in [-0.3, -0.25) is 9.69 Å². The molecule has 3 fully saturated rings. The zero-order chi connectivity index (χ0) is 27.8. The molecule has 2 aliphatic heterocycles. The molecule has 0 N–H and O–H groups in total. The average molecular weight is 542 g/mol. The van der Waals surface area contributed by atoms with Crippen molar-refractivity contribution in [1.29, 1.82) is 0 Å². The summed E-state index contributed by atoms with van der Waals surface area (Å²) in [6.07, 6.45) is 13.5. The summed E-state index contributed by atoms with van der Waals surface area (Å²) in [5, 5.41) is 0. The normalized spacial score (nSPS) is 41.7. The number of methoxy groups -OCH3 is 1. The Morgan fingerprint density at radius 2 is 1.92 bits per heavy atom. The van der Waals surface area contributed by atoms with Crippen molar-refractivity contribution in [3.8, 4) is 0 Å². The molecule has 0 unspecified atom stereocenters. The van der Waals surface area contributed by atoms with E-state index in [2.05, 4.69) is 39.5 Å². The van der Waals surface area contributed by atoms with Gasteiger partial charge in [0, 0.05) is 38.6 Å². The van der Waals surface area contributed by atoms with Gasteiger partial charge in [0.1, 0.15) is 0 Å². The first-order valence-corrected chi connectivity index (χ1v) is 16.1. The number of hydrogen-bond acceptors (Lipinski definition) is 5. The highest BCUT2D eigenvalue weighted by atomic mass is 16.5. The van der Waals surface area contributed by atoms with E-state index >= 15 is 0 Å². The molecule has 1 saturated carbocycles. The number of ether oxygens (including phenoxy) is 3. The standard InChI is InChI=1S/C34H55NO4/c1-23-18-31-32(35(22-23)14-15-38-17-16-37-6)26(4)34(39-31)13-10-27-8-7-9-28-20-29(36)11-12-33(28,5)25(3)19-30(27)24(2)21-34/h20,23,25-27,31-32H,7-19,21-22H2,1-6H3/t23-,25+,26+,27+,31+,32-,33+,34-/m0/s1. The first kappa shape index (κ1) is 29.5. The van der Waals surface area contributed by atoms with Crippen LogP contribution in [0.4, 0.5) is 0 Å². The number of rotatable bonds is 6. The number of likely N-dealkylation sites (tertiary alicyclic amines) is 1. The van der Waals surface area contributed by atoms with Crippen LogP contribution in [0, 0.1) is 29.1 Å². The van der Waals surface area contributed by atoms with Crippen molar-refractivity contribution in [2.45, 2.75) is 117 Å². The number of allylic oxidation sites excluding steroid dienone is 3. The highest BCUT2D eigenvalue weighted by molar-refractivity contribution is 5.91. The first-order valence-electron chi connectivity index (χ1n) is 16.1. The molecule has 0 radical (unpaired) electrons. The Labute approximate surface area is 238 Å². The monoisotopic (exact) mass is 541 g/mol. The molecule has 0 aromatic carbocycles. The van der Waals surface area contributed by atoms with E-state index in [1.807, 2.05) is 6.08 Å². The van der Waals surface area contributed by atoms with Crippen molar-refractivity contribution >= 4 is 5.78 Å². The van der Waals surface area contributed by atoms with Crippen LogP contribution in [0.25, 0.3) is 0 Å². The summed E-state index contributed by atoms with van der Waals surface area (Å²) in [5.74, 6) is 2.75. The van der Waals surface area contributed by atoms with Crippen molar-refractivity contribution in [1.82, 2.24) is 4.90 Å². The Balaban J connectivity index is 1.36. The van der Waals surface area contributed by atoms with Crippen LogP contribution < -0.4 is 0 Å². The van der Waals surface area contributed by atoms with Gasteiger partial charge in [-0.2, -0.15) is 0 Å². The fourth-order valence-electron chi connectivity index (χ4n) is 9.24. The second kappa shape index (κ2) is 12.1. The van der Waals surface area contributed by atoms with E-state index < -0.39 is 0 Å². The summed E-state index contributed by atoms with van der Waals surface area (Å²) in [6, 6.07) is 0.490. The maximum Gasteiger partial charge on any atom is 0.155 e. The van der Waals surface area contributed by atoms with Gasteiger partial charge < -0.3 is 14.2 Å². The molecule has 1 spiro atoms. The molecule has 2 heterocycles. The molecular formula is C34H55NO4. The molecule has 220 valence electrons. The van der Waals surface area contributed by atoms with Crippen LogP contribution in [0.1, 0.15) is 98.8 Å². The maximum absolute atomic E-state index is 12.3. The SMILES string of the molecule is COCCOCCN1C[C@@H](C)C[C@H]2O[C@]3(CC[C@H]4CCCC5=CC(=O)CC[C@]5(C)[C@H](C)CC4=C(C)C3)[C@H](C)[C@@H]21. The van der Waals surface area contributed by atoms with Crippen molar-refractivity contribution in [3.05, 3.63) is 22.8 Å². The number of fused-ring (bicyclic) bond motifs is 3. The average Bonchev–Trinajstić information content (AvgIpc) is 3.11. The third-order valence-corrected chi connectivity index (χ3v) is 11.8. The van der Waals surface area contributed by atoms with Crippen LogP contribution in [0.3, 0.4) is 0 Å². The lowest BCUT2D eigenvalue weighted by Gasteiger charge is -2.41. The fraction of sp³-hybridized carbons (Fsp3) is 0.853. The molecule has 0 aromatic heterocycles. The Morgan fingerprint density at radius 1 is 1.10 bits per heavy atom. The second-order valence-electron chi connectivity index (χ2n) is 14.2. The summed E-state index contributed by atoms with van der Waals surface area (Å²) in [4.78, 5) is 15.0. The highest BCUT2D eigenvalue weighted by Crippen LogP contribution is 2.55. The smallest absolute Gasteiger partial charge is 0.155 e. The number of nitrogens with zero attached hydrogens (tertiary/aromatic N) is 1. The lowest BCUT2D eigenvalue weighted by atomic mass is 9.63. The topological polar surface area (TPSA) is 48.0 Å². The van der Waals surface area contributed by atoms with E-state index in [0.717, 1.165) is 45.4 Å². The Morgan fingerprint density at radius 3 is 2.72 bits per heavy atom. The highest BCUT2D eigenvalue weighted by Gasteiger charge is 2.56. The van der Waals surface area contributed by atoms with Crippen LogP contribution >= 0.6 is 0 Å². The number of carbonyl (C=O) groups excluding carboxylic acids is 1. The summed E-state index contributed by atoms with van der Waals surface area (Å²) in [5.41, 5.74) is 4.91. The third-order valence-electron chi connectivity index (χ3n) is 11.8. The number of ketones is 1. The van der Waals surface area contributed by atoms with Gasteiger partial charge in [-0.1, -0.05) is 44.4 Å². The van der Waals surface area contributed by atoms with Crippen LogP contribution in [0.2, 0.25) is 0 Å². The summed E-state index contributed by atoms with van der Waals surface area (Å²) in [7, 11) is 1.73. The number of piperidine rings is 1. The quantitative estimate of drug-likeness (QED) is 0.275. The number of carbonyl (C=O) groups is 1. The van der Waals surface area contributed by atoms with Crippen molar-refractivity contribution in [3.63, 3.8) is 0 Å². The molecule has 5 heteroatoms. The number of hydrogen-bond donors (Lipinski definition) is 0. The molecule has 0 aromatic rings. The Bertz CT molecular complexity index is 957. The lowest BCUT2D eigenvalue weighted by molar-refractivity contribution is -0.116. The van der Waals surface area contributed by atoms with Crippen LogP contribution in [0.15, 0.2) is 22.8 Å². The van der Waals surface area contributed by atoms with Crippen molar-refractivity contribution in [2.24, 2.45) is 29.1 Å². The largest absolute Gasteiger partial charge is 0.382 e. The predicted molar refractivity (Wildman–Crippen MR) is 157 cm³/mol. The summed E-state index contributed by atoms with van der Waals surface area (Å²) < 4.78 is 18.3. The fourth-order valence-corrected chi connectivity index (χ4v) is 9.24. The third kappa shape index (κ3) is 5.85. The van der Waals surface area contributed by atoms with Crippen LogP contribution in [0.5, 0.6) is 0 Å². The molecule has 0 amide bonds.